The minimum atomic E-state index is 0.986. The van der Waals surface area contributed by atoms with E-state index in [1.54, 1.807) is 0 Å². The second-order valence-corrected chi connectivity index (χ2v) is 5.23. The average molecular weight is 269 g/mol. The fourth-order valence-corrected chi connectivity index (χ4v) is 3.14. The Morgan fingerprint density at radius 3 is 2.67 bits per heavy atom. The maximum atomic E-state index is 4.55. The zero-order valence-electron chi connectivity index (χ0n) is 11.2. The molecule has 21 heavy (non-hydrogen) atoms. The number of hydrogen-bond donors (Lipinski definition) is 0. The molecule has 0 saturated heterocycles. The average Bonchev–Trinajstić information content (AvgIpc) is 3.03. The standard InChI is InChI=1S/C18H11N3/c1-4-12-10-15-14(11-16(12)19-7-1)13-5-2-8-20-18(13)21-9-3-6-17(15)21/h1-11H. The topological polar surface area (TPSA) is 30.2 Å². The molecule has 98 valence electrons. The van der Waals surface area contributed by atoms with E-state index in [0.717, 1.165) is 21.9 Å². The fraction of sp³-hybridized carbons (Fsp3) is 0. The highest BCUT2D eigenvalue weighted by Crippen LogP contribution is 2.31. The number of nitrogens with zero attached hydrogens (tertiary/aromatic N) is 3. The Kier molecular flexibility index (Phi) is 1.95. The van der Waals surface area contributed by atoms with Gasteiger partial charge in [0.25, 0.3) is 0 Å². The lowest BCUT2D eigenvalue weighted by Gasteiger charge is -2.09. The second-order valence-electron chi connectivity index (χ2n) is 5.23. The van der Waals surface area contributed by atoms with Crippen LogP contribution in [0.25, 0.3) is 38.2 Å². The van der Waals surface area contributed by atoms with Crippen molar-refractivity contribution in [2.75, 3.05) is 0 Å². The van der Waals surface area contributed by atoms with Gasteiger partial charge in [-0.25, -0.2) is 4.98 Å². The van der Waals surface area contributed by atoms with Gasteiger partial charge in [0.05, 0.1) is 11.0 Å². The van der Waals surface area contributed by atoms with Crippen molar-refractivity contribution in [3.8, 4) is 0 Å². The zero-order chi connectivity index (χ0) is 13.8. The summed E-state index contributed by atoms with van der Waals surface area (Å²) >= 11 is 0. The van der Waals surface area contributed by atoms with Crippen LogP contribution in [-0.2, 0) is 0 Å². The number of rotatable bonds is 0. The van der Waals surface area contributed by atoms with Gasteiger partial charge in [-0.15, -0.1) is 0 Å². The molecule has 0 amide bonds. The van der Waals surface area contributed by atoms with Crippen molar-refractivity contribution in [3.63, 3.8) is 0 Å². The SMILES string of the molecule is c1cnc2cc3c(cc2c1)c1cccn1c1ncccc31. The maximum absolute atomic E-state index is 4.55. The van der Waals surface area contributed by atoms with Gasteiger partial charge in [0.2, 0.25) is 0 Å². The molecular formula is C18H11N3. The van der Waals surface area contributed by atoms with E-state index in [4.69, 9.17) is 0 Å². The van der Waals surface area contributed by atoms with E-state index in [0.29, 0.717) is 0 Å². The summed E-state index contributed by atoms with van der Waals surface area (Å²) in [4.78, 5) is 9.03. The predicted molar refractivity (Wildman–Crippen MR) is 85.5 cm³/mol. The van der Waals surface area contributed by atoms with Crippen molar-refractivity contribution in [2.24, 2.45) is 0 Å². The van der Waals surface area contributed by atoms with Crippen molar-refractivity contribution >= 4 is 38.2 Å². The Balaban J connectivity index is 2.18. The molecule has 3 heteroatoms. The van der Waals surface area contributed by atoms with Gasteiger partial charge in [-0.2, -0.15) is 0 Å². The minimum Gasteiger partial charge on any atom is -0.301 e. The molecule has 0 spiro atoms. The van der Waals surface area contributed by atoms with Crippen LogP contribution in [0.2, 0.25) is 0 Å². The molecule has 0 fully saturated rings. The highest BCUT2D eigenvalue weighted by atomic mass is 15.0. The van der Waals surface area contributed by atoms with E-state index in [1.807, 2.05) is 24.5 Å². The van der Waals surface area contributed by atoms with Gasteiger partial charge in [0.15, 0.2) is 0 Å². The molecule has 0 N–H and O–H groups in total. The monoisotopic (exact) mass is 269 g/mol. The molecule has 0 unspecified atom stereocenters. The van der Waals surface area contributed by atoms with E-state index in [2.05, 4.69) is 57.0 Å². The summed E-state index contributed by atoms with van der Waals surface area (Å²) in [6, 6.07) is 16.8. The summed E-state index contributed by atoms with van der Waals surface area (Å²) < 4.78 is 2.15. The first kappa shape index (κ1) is 10.8. The summed E-state index contributed by atoms with van der Waals surface area (Å²) in [7, 11) is 0. The third-order valence-electron chi connectivity index (χ3n) is 4.07. The molecule has 0 saturated carbocycles. The van der Waals surface area contributed by atoms with Crippen molar-refractivity contribution in [2.45, 2.75) is 0 Å². The molecule has 3 nitrogen and oxygen atoms in total. The Labute approximate surface area is 120 Å². The van der Waals surface area contributed by atoms with Gasteiger partial charge in [0, 0.05) is 34.7 Å². The van der Waals surface area contributed by atoms with Crippen LogP contribution in [-0.4, -0.2) is 14.4 Å². The predicted octanol–water partition coefficient (Wildman–Crippen LogP) is 4.19. The molecule has 0 radical (unpaired) electrons. The Bertz CT molecular complexity index is 1140. The molecule has 0 bridgehead atoms. The van der Waals surface area contributed by atoms with Gasteiger partial charge in [-0.3, -0.25) is 4.98 Å². The Hall–Kier alpha value is -2.94. The smallest absolute Gasteiger partial charge is 0.144 e. The quantitative estimate of drug-likeness (QED) is 0.312. The lowest BCUT2D eigenvalue weighted by atomic mass is 10.0. The van der Waals surface area contributed by atoms with Crippen LogP contribution in [0.1, 0.15) is 0 Å². The number of hydrogen-bond acceptors (Lipinski definition) is 2. The summed E-state index contributed by atoms with van der Waals surface area (Å²) in [5, 5.41) is 4.76. The van der Waals surface area contributed by atoms with Crippen molar-refractivity contribution < 1.29 is 0 Å². The first-order valence-electron chi connectivity index (χ1n) is 6.94. The molecule has 5 aromatic rings. The van der Waals surface area contributed by atoms with Crippen molar-refractivity contribution in [1.29, 1.82) is 0 Å². The molecule has 4 aromatic heterocycles. The molecule has 1 aromatic carbocycles. The molecule has 0 aliphatic carbocycles. The minimum absolute atomic E-state index is 0.986. The Morgan fingerprint density at radius 2 is 1.67 bits per heavy atom. The van der Waals surface area contributed by atoms with Gasteiger partial charge in [0.1, 0.15) is 5.65 Å². The first-order valence-corrected chi connectivity index (χ1v) is 6.94. The number of benzene rings is 1. The van der Waals surface area contributed by atoms with Crippen LogP contribution in [0.3, 0.4) is 0 Å². The number of pyridine rings is 3. The van der Waals surface area contributed by atoms with E-state index in [9.17, 15) is 0 Å². The van der Waals surface area contributed by atoms with Crippen LogP contribution in [0, 0.1) is 0 Å². The van der Waals surface area contributed by atoms with Crippen LogP contribution in [0.15, 0.2) is 67.1 Å². The summed E-state index contributed by atoms with van der Waals surface area (Å²) in [5.74, 6) is 0. The Morgan fingerprint density at radius 1 is 0.762 bits per heavy atom. The highest BCUT2D eigenvalue weighted by molar-refractivity contribution is 6.15. The van der Waals surface area contributed by atoms with E-state index in [1.165, 1.54) is 16.3 Å². The highest BCUT2D eigenvalue weighted by Gasteiger charge is 2.09. The van der Waals surface area contributed by atoms with Crippen LogP contribution >= 0.6 is 0 Å². The largest absolute Gasteiger partial charge is 0.301 e. The fourth-order valence-electron chi connectivity index (χ4n) is 3.14. The summed E-state index contributed by atoms with van der Waals surface area (Å²) in [5.41, 5.74) is 3.19. The summed E-state index contributed by atoms with van der Waals surface area (Å²) in [6.07, 6.45) is 5.74. The maximum Gasteiger partial charge on any atom is 0.144 e. The van der Waals surface area contributed by atoms with Crippen LogP contribution in [0.5, 0.6) is 0 Å². The first-order chi connectivity index (χ1) is 10.4. The van der Waals surface area contributed by atoms with Gasteiger partial charge < -0.3 is 4.40 Å². The van der Waals surface area contributed by atoms with Gasteiger partial charge >= 0.3 is 0 Å². The number of aromatic nitrogens is 3. The lowest BCUT2D eigenvalue weighted by molar-refractivity contribution is 1.21. The third kappa shape index (κ3) is 1.37. The molecule has 4 heterocycles. The number of fused-ring (bicyclic) bond motifs is 7. The lowest BCUT2D eigenvalue weighted by Crippen LogP contribution is -1.92. The zero-order valence-corrected chi connectivity index (χ0v) is 11.2. The molecule has 5 rings (SSSR count). The van der Waals surface area contributed by atoms with Gasteiger partial charge in [-0.05, 0) is 47.9 Å². The van der Waals surface area contributed by atoms with Crippen LogP contribution < -0.4 is 0 Å². The van der Waals surface area contributed by atoms with E-state index in [-0.39, 0.29) is 0 Å². The van der Waals surface area contributed by atoms with Crippen LogP contribution in [0.4, 0.5) is 0 Å². The normalized spacial score (nSPS) is 11.8. The molecular weight excluding hydrogens is 258 g/mol. The molecule has 0 aliphatic heterocycles. The van der Waals surface area contributed by atoms with Gasteiger partial charge in [-0.1, -0.05) is 6.07 Å². The van der Waals surface area contributed by atoms with E-state index >= 15 is 0 Å². The molecule has 0 aliphatic rings. The molecule has 0 atom stereocenters. The second kappa shape index (κ2) is 3.79. The van der Waals surface area contributed by atoms with E-state index < -0.39 is 0 Å². The van der Waals surface area contributed by atoms with Crippen molar-refractivity contribution in [1.82, 2.24) is 14.4 Å². The summed E-state index contributed by atoms with van der Waals surface area (Å²) in [6.45, 7) is 0. The third-order valence-corrected chi connectivity index (χ3v) is 4.07. The van der Waals surface area contributed by atoms with Crippen molar-refractivity contribution in [3.05, 3.63) is 67.1 Å².